The van der Waals surface area contributed by atoms with Crippen molar-refractivity contribution in [1.82, 2.24) is 5.32 Å². The van der Waals surface area contributed by atoms with Crippen LogP contribution in [0.2, 0.25) is 0 Å². The Kier molecular flexibility index (Phi) is 6.62. The molecule has 0 fully saturated rings. The summed E-state index contributed by atoms with van der Waals surface area (Å²) in [5.74, 6) is -1.25. The molecule has 5 heteroatoms. The molecule has 0 heterocycles. The van der Waals surface area contributed by atoms with Gasteiger partial charge in [-0.2, -0.15) is 0 Å². The highest BCUT2D eigenvalue weighted by Gasteiger charge is 2.10. The molecule has 3 aromatic carbocycles. The van der Waals surface area contributed by atoms with Crippen LogP contribution in [0.1, 0.15) is 27.0 Å². The predicted octanol–water partition coefficient (Wildman–Crippen LogP) is 5.45. The van der Waals surface area contributed by atoms with Crippen molar-refractivity contribution in [1.29, 1.82) is 0 Å². The second-order valence-electron chi connectivity index (χ2n) is 6.69. The average molecular weight is 450 g/mol. The van der Waals surface area contributed by atoms with Gasteiger partial charge in [-0.05, 0) is 65.6 Å². The van der Waals surface area contributed by atoms with Gasteiger partial charge >= 0.3 is 5.97 Å². The van der Waals surface area contributed by atoms with Gasteiger partial charge in [0.2, 0.25) is 0 Å². The number of benzene rings is 3. The molecule has 0 bridgehead atoms. The van der Waals surface area contributed by atoms with Crippen LogP contribution in [0.4, 0.5) is 0 Å². The smallest absolute Gasteiger partial charge is 0.328 e. The Labute approximate surface area is 178 Å². The van der Waals surface area contributed by atoms with Gasteiger partial charge < -0.3 is 10.4 Å². The molecule has 1 amide bonds. The lowest BCUT2D eigenvalue weighted by Crippen LogP contribution is -2.22. The number of hydrogen-bond donors (Lipinski definition) is 2. The molecule has 3 rings (SSSR count). The molecule has 0 aliphatic heterocycles. The maximum Gasteiger partial charge on any atom is 0.328 e. The maximum atomic E-state index is 12.8. The zero-order chi connectivity index (χ0) is 20.8. The van der Waals surface area contributed by atoms with Gasteiger partial charge in [0.15, 0.2) is 0 Å². The molecule has 3 aromatic rings. The summed E-state index contributed by atoms with van der Waals surface area (Å²) in [4.78, 5) is 23.6. The second-order valence-corrected chi connectivity index (χ2v) is 7.61. The largest absolute Gasteiger partial charge is 0.478 e. The molecule has 0 unspecified atom stereocenters. The topological polar surface area (TPSA) is 66.4 Å². The van der Waals surface area contributed by atoms with E-state index in [1.807, 2.05) is 67.6 Å². The first-order valence-electron chi connectivity index (χ1n) is 9.06. The van der Waals surface area contributed by atoms with Crippen LogP contribution >= 0.6 is 15.9 Å². The zero-order valence-electron chi connectivity index (χ0n) is 15.9. The molecule has 0 radical (unpaired) electrons. The number of hydrogen-bond acceptors (Lipinski definition) is 2. The number of rotatable bonds is 6. The molecular formula is C24H20BrNO3. The molecular weight excluding hydrogens is 430 g/mol. The quantitative estimate of drug-likeness (QED) is 0.491. The lowest BCUT2D eigenvalue weighted by molar-refractivity contribution is -0.131. The van der Waals surface area contributed by atoms with E-state index in [4.69, 9.17) is 5.11 Å². The van der Waals surface area contributed by atoms with Crippen LogP contribution in [0.15, 0.2) is 77.3 Å². The molecule has 0 aromatic heterocycles. The van der Waals surface area contributed by atoms with Crippen molar-refractivity contribution in [2.75, 3.05) is 0 Å². The number of carboxylic acids is 1. The zero-order valence-corrected chi connectivity index (χ0v) is 17.4. The number of halogens is 1. The molecule has 4 nitrogen and oxygen atoms in total. The summed E-state index contributed by atoms with van der Waals surface area (Å²) in [5.41, 5.74) is 5.07. The molecule has 0 aliphatic carbocycles. The summed E-state index contributed by atoms with van der Waals surface area (Å²) in [6, 6.07) is 21.1. The van der Waals surface area contributed by atoms with Crippen LogP contribution in [0.5, 0.6) is 0 Å². The monoisotopic (exact) mass is 449 g/mol. The highest BCUT2D eigenvalue weighted by molar-refractivity contribution is 9.10. The minimum atomic E-state index is -1.04. The Bertz CT molecular complexity index is 1050. The lowest BCUT2D eigenvalue weighted by atomic mass is 9.99. The van der Waals surface area contributed by atoms with E-state index in [1.165, 1.54) is 6.08 Å². The third-order valence-electron chi connectivity index (χ3n) is 4.39. The maximum absolute atomic E-state index is 12.8. The minimum absolute atomic E-state index is 0.213. The molecule has 0 aliphatic rings. The van der Waals surface area contributed by atoms with Gasteiger partial charge in [-0.15, -0.1) is 0 Å². The summed E-state index contributed by atoms with van der Waals surface area (Å²) in [6.07, 6.45) is 2.55. The standard InChI is InChI=1S/C24H20BrNO3/c1-16-2-4-17(5-3-16)15-26-24(29)21-13-18(6-11-23(27)28)12-20(14-21)19-7-9-22(25)10-8-19/h2-14H,15H2,1H3,(H,26,29)(H,27,28)/b11-6+. The number of aliphatic carboxylic acids is 1. The highest BCUT2D eigenvalue weighted by Crippen LogP contribution is 2.25. The van der Waals surface area contributed by atoms with Crippen LogP contribution in [-0.2, 0) is 11.3 Å². The molecule has 146 valence electrons. The Morgan fingerprint density at radius 1 is 0.966 bits per heavy atom. The van der Waals surface area contributed by atoms with Crippen molar-refractivity contribution in [3.05, 3.63) is 99.5 Å². The Morgan fingerprint density at radius 3 is 2.31 bits per heavy atom. The Morgan fingerprint density at radius 2 is 1.66 bits per heavy atom. The van der Waals surface area contributed by atoms with Gasteiger partial charge in [-0.1, -0.05) is 57.9 Å². The van der Waals surface area contributed by atoms with Gasteiger partial charge in [-0.3, -0.25) is 4.79 Å². The van der Waals surface area contributed by atoms with E-state index in [0.29, 0.717) is 17.7 Å². The SMILES string of the molecule is Cc1ccc(CNC(=O)c2cc(/C=C/C(=O)O)cc(-c3ccc(Br)cc3)c2)cc1. The third kappa shape index (κ3) is 5.90. The van der Waals surface area contributed by atoms with Gasteiger partial charge in [0.25, 0.3) is 5.91 Å². The summed E-state index contributed by atoms with van der Waals surface area (Å²) in [5, 5.41) is 11.9. The number of carboxylic acid groups (broad SMARTS) is 1. The summed E-state index contributed by atoms with van der Waals surface area (Å²) in [6.45, 7) is 2.43. The fraction of sp³-hybridized carbons (Fsp3) is 0.0833. The van der Waals surface area contributed by atoms with Crippen molar-refractivity contribution >= 4 is 33.9 Å². The van der Waals surface area contributed by atoms with E-state index in [0.717, 1.165) is 32.8 Å². The third-order valence-corrected chi connectivity index (χ3v) is 4.92. The Hall–Kier alpha value is -3.18. The van der Waals surface area contributed by atoms with Crippen LogP contribution in [0.25, 0.3) is 17.2 Å². The van der Waals surface area contributed by atoms with Gasteiger partial charge in [0.1, 0.15) is 0 Å². The van der Waals surface area contributed by atoms with E-state index in [9.17, 15) is 9.59 Å². The Balaban J connectivity index is 1.88. The first kappa shape index (κ1) is 20.6. The van der Waals surface area contributed by atoms with Crippen molar-refractivity contribution in [3.63, 3.8) is 0 Å². The van der Waals surface area contributed by atoms with Gasteiger partial charge in [-0.25, -0.2) is 4.79 Å². The molecule has 29 heavy (non-hydrogen) atoms. The normalized spacial score (nSPS) is 10.8. The van der Waals surface area contributed by atoms with Crippen LogP contribution < -0.4 is 5.32 Å². The van der Waals surface area contributed by atoms with Gasteiger partial charge in [0, 0.05) is 22.7 Å². The summed E-state index contributed by atoms with van der Waals surface area (Å²) >= 11 is 3.42. The van der Waals surface area contributed by atoms with Crippen LogP contribution in [0.3, 0.4) is 0 Å². The minimum Gasteiger partial charge on any atom is -0.478 e. The van der Waals surface area contributed by atoms with Crippen molar-refractivity contribution in [2.24, 2.45) is 0 Å². The number of nitrogens with one attached hydrogen (secondary N) is 1. The van der Waals surface area contributed by atoms with Crippen LogP contribution in [-0.4, -0.2) is 17.0 Å². The van der Waals surface area contributed by atoms with Crippen molar-refractivity contribution in [3.8, 4) is 11.1 Å². The first-order valence-corrected chi connectivity index (χ1v) is 9.86. The lowest BCUT2D eigenvalue weighted by Gasteiger charge is -2.10. The van der Waals surface area contributed by atoms with E-state index in [-0.39, 0.29) is 5.91 Å². The number of aryl methyl sites for hydroxylation is 1. The summed E-state index contributed by atoms with van der Waals surface area (Å²) in [7, 11) is 0. The highest BCUT2D eigenvalue weighted by atomic mass is 79.9. The fourth-order valence-electron chi connectivity index (χ4n) is 2.85. The van der Waals surface area contributed by atoms with E-state index in [1.54, 1.807) is 6.07 Å². The first-order chi connectivity index (χ1) is 13.9. The van der Waals surface area contributed by atoms with Crippen molar-refractivity contribution < 1.29 is 14.7 Å². The summed E-state index contributed by atoms with van der Waals surface area (Å²) < 4.78 is 0.958. The van der Waals surface area contributed by atoms with E-state index < -0.39 is 5.97 Å². The fourth-order valence-corrected chi connectivity index (χ4v) is 3.11. The molecule has 2 N–H and O–H groups in total. The van der Waals surface area contributed by atoms with Crippen molar-refractivity contribution in [2.45, 2.75) is 13.5 Å². The average Bonchev–Trinajstić information content (AvgIpc) is 2.72. The van der Waals surface area contributed by atoms with Gasteiger partial charge in [0.05, 0.1) is 0 Å². The molecule has 0 saturated heterocycles. The van der Waals surface area contributed by atoms with E-state index >= 15 is 0 Å². The van der Waals surface area contributed by atoms with Crippen LogP contribution in [0, 0.1) is 6.92 Å². The number of amides is 1. The molecule has 0 atom stereocenters. The van der Waals surface area contributed by atoms with E-state index in [2.05, 4.69) is 21.2 Å². The number of carbonyl (C=O) groups excluding carboxylic acids is 1. The predicted molar refractivity (Wildman–Crippen MR) is 119 cm³/mol. The second kappa shape index (κ2) is 9.34. The molecule has 0 spiro atoms. The number of carbonyl (C=O) groups is 2. The molecule has 0 saturated carbocycles.